The van der Waals surface area contributed by atoms with Gasteiger partial charge in [0.2, 0.25) is 0 Å². The summed E-state index contributed by atoms with van der Waals surface area (Å²) in [6.07, 6.45) is 4.22. The second-order valence-corrected chi connectivity index (χ2v) is 7.79. The molecule has 204 valence electrons. The molecule has 11 heteroatoms. The number of epoxide rings is 2. The van der Waals surface area contributed by atoms with Crippen molar-refractivity contribution in [2.75, 3.05) is 47.6 Å². The molecule has 0 saturated carbocycles. The van der Waals surface area contributed by atoms with Crippen LogP contribution in [0.25, 0.3) is 0 Å². The second-order valence-electron chi connectivity index (χ2n) is 7.79. The van der Waals surface area contributed by atoms with Crippen molar-refractivity contribution in [2.45, 2.75) is 63.3 Å². The second kappa shape index (κ2) is 17.2. The lowest BCUT2D eigenvalue weighted by molar-refractivity contribution is -0.140. The SMILES string of the molecule is C#C[C@H]1O[C@H]1[C@@H](CC(=C)C(=O)OCC)OCOC.C=C(C[C@@H](OCOC)[C@@H]1O[C@@H]1CO)C(=O)OCC. The lowest BCUT2D eigenvalue weighted by Gasteiger charge is -2.16. The van der Waals surface area contributed by atoms with Gasteiger partial charge in [-0.1, -0.05) is 19.1 Å². The van der Waals surface area contributed by atoms with Gasteiger partial charge in [0.05, 0.1) is 32.0 Å². The van der Waals surface area contributed by atoms with E-state index < -0.39 is 11.9 Å². The molecule has 0 amide bonds. The first-order chi connectivity index (χ1) is 17.3. The zero-order valence-electron chi connectivity index (χ0n) is 21.4. The first kappa shape index (κ1) is 31.7. The highest BCUT2D eigenvalue weighted by Crippen LogP contribution is 2.31. The topological polar surface area (TPSA) is 135 Å². The predicted octanol–water partition coefficient (Wildman–Crippen LogP) is 1.13. The molecule has 0 aromatic carbocycles. The molecule has 1 N–H and O–H groups in total. The van der Waals surface area contributed by atoms with Crippen LogP contribution in [-0.2, 0) is 47.5 Å². The van der Waals surface area contributed by atoms with E-state index in [9.17, 15) is 9.59 Å². The van der Waals surface area contributed by atoms with Gasteiger partial charge in [-0.05, 0) is 13.8 Å². The molecule has 6 atom stereocenters. The molecule has 2 fully saturated rings. The summed E-state index contributed by atoms with van der Waals surface area (Å²) < 4.78 is 40.7. The molecule has 2 rings (SSSR count). The molecule has 11 nitrogen and oxygen atoms in total. The summed E-state index contributed by atoms with van der Waals surface area (Å²) in [7, 11) is 3.03. The molecule has 0 aliphatic carbocycles. The summed E-state index contributed by atoms with van der Waals surface area (Å²) in [5, 5.41) is 8.95. The van der Waals surface area contributed by atoms with E-state index in [1.54, 1.807) is 13.8 Å². The standard InChI is InChI=1S/C13H18O5.C12H20O6/c1-5-10-12(18-10)11(17-8-15-4)7-9(3)13(14)16-6-2;1-4-16-12(14)8(2)5-9(17-7-15-3)11-10(6-13)18-11/h1,10-12H,3,6-8H2,2,4H3;9-11,13H,2,4-7H2,1,3H3/t10-,11-,12-;9-,10-,11+/m11/s1. The van der Waals surface area contributed by atoms with Gasteiger partial charge < -0.3 is 43.0 Å². The fourth-order valence-corrected chi connectivity index (χ4v) is 3.14. The Hall–Kier alpha value is -2.30. The minimum atomic E-state index is -0.440. The summed E-state index contributed by atoms with van der Waals surface area (Å²) >= 11 is 0. The summed E-state index contributed by atoms with van der Waals surface area (Å²) in [5.74, 6) is 1.62. The fourth-order valence-electron chi connectivity index (χ4n) is 3.14. The molecule has 0 radical (unpaired) electrons. The minimum absolute atomic E-state index is 0.0661. The number of ether oxygens (including phenoxy) is 8. The van der Waals surface area contributed by atoms with Gasteiger partial charge >= 0.3 is 11.9 Å². The number of aliphatic hydroxyl groups excluding tert-OH is 1. The number of esters is 2. The van der Waals surface area contributed by atoms with Gasteiger partial charge in [-0.3, -0.25) is 0 Å². The smallest absolute Gasteiger partial charge is 0.333 e. The summed E-state index contributed by atoms with van der Waals surface area (Å²) in [6, 6.07) is 0. The van der Waals surface area contributed by atoms with Crippen LogP contribution in [0.15, 0.2) is 24.3 Å². The Labute approximate surface area is 212 Å². The highest BCUT2D eigenvalue weighted by atomic mass is 16.7. The molecule has 0 unspecified atom stereocenters. The summed E-state index contributed by atoms with van der Waals surface area (Å²) in [4.78, 5) is 22.9. The molecular weight excluding hydrogens is 476 g/mol. The lowest BCUT2D eigenvalue weighted by atomic mass is 10.1. The molecule has 0 aromatic heterocycles. The number of hydrogen-bond acceptors (Lipinski definition) is 11. The molecule has 2 saturated heterocycles. The van der Waals surface area contributed by atoms with Gasteiger partial charge in [0.1, 0.15) is 38.0 Å². The van der Waals surface area contributed by atoms with Gasteiger partial charge in [0.25, 0.3) is 0 Å². The van der Waals surface area contributed by atoms with Gasteiger partial charge in [0, 0.05) is 38.2 Å². The monoisotopic (exact) mass is 514 g/mol. The Morgan fingerprint density at radius 3 is 1.72 bits per heavy atom. The van der Waals surface area contributed by atoms with Gasteiger partial charge in [-0.25, -0.2) is 9.59 Å². The van der Waals surface area contributed by atoms with Crippen molar-refractivity contribution in [3.63, 3.8) is 0 Å². The Kier molecular flexibility index (Phi) is 15.2. The Bertz CT molecular complexity index is 760. The quantitative estimate of drug-likeness (QED) is 0.0984. The highest BCUT2D eigenvalue weighted by molar-refractivity contribution is 5.88. The molecule has 2 aliphatic rings. The van der Waals surface area contributed by atoms with Crippen molar-refractivity contribution in [1.82, 2.24) is 0 Å². The zero-order valence-corrected chi connectivity index (χ0v) is 21.4. The van der Waals surface area contributed by atoms with Gasteiger partial charge in [-0.15, -0.1) is 6.42 Å². The average molecular weight is 515 g/mol. The van der Waals surface area contributed by atoms with Crippen molar-refractivity contribution in [3.05, 3.63) is 24.3 Å². The maximum Gasteiger partial charge on any atom is 0.333 e. The molecule has 2 aliphatic heterocycles. The molecular formula is C25H38O11. The van der Waals surface area contributed by atoms with E-state index >= 15 is 0 Å². The minimum Gasteiger partial charge on any atom is -0.463 e. The maximum absolute atomic E-state index is 11.5. The van der Waals surface area contributed by atoms with Crippen molar-refractivity contribution < 1.29 is 52.6 Å². The van der Waals surface area contributed by atoms with E-state index in [1.165, 1.54) is 14.2 Å². The third-order valence-electron chi connectivity index (χ3n) is 5.05. The number of rotatable bonds is 17. The number of carbonyl (C=O) groups is 2. The highest BCUT2D eigenvalue weighted by Gasteiger charge is 2.46. The van der Waals surface area contributed by atoms with Crippen LogP contribution in [0.3, 0.4) is 0 Å². The summed E-state index contributed by atoms with van der Waals surface area (Å²) in [5.41, 5.74) is 0.661. The van der Waals surface area contributed by atoms with Crippen molar-refractivity contribution in [2.24, 2.45) is 0 Å². The van der Waals surface area contributed by atoms with Crippen molar-refractivity contribution >= 4 is 11.9 Å². The Morgan fingerprint density at radius 2 is 1.39 bits per heavy atom. The van der Waals surface area contributed by atoms with Crippen LogP contribution < -0.4 is 0 Å². The van der Waals surface area contributed by atoms with Crippen LogP contribution in [0, 0.1) is 12.3 Å². The largest absolute Gasteiger partial charge is 0.463 e. The Morgan fingerprint density at radius 1 is 0.917 bits per heavy atom. The molecule has 36 heavy (non-hydrogen) atoms. The third kappa shape index (κ3) is 11.2. The number of terminal acetylenes is 1. The van der Waals surface area contributed by atoms with Crippen LogP contribution >= 0.6 is 0 Å². The zero-order chi connectivity index (χ0) is 27.1. The van der Waals surface area contributed by atoms with E-state index in [2.05, 4.69) is 19.1 Å². The van der Waals surface area contributed by atoms with Crippen LogP contribution in [0.5, 0.6) is 0 Å². The molecule has 0 spiro atoms. The number of methoxy groups -OCH3 is 2. The van der Waals surface area contributed by atoms with Gasteiger partial charge in [-0.2, -0.15) is 0 Å². The Balaban J connectivity index is 0.000000360. The normalized spacial score (nSPS) is 23.2. The van der Waals surface area contributed by atoms with E-state index in [1.807, 2.05) is 0 Å². The predicted molar refractivity (Wildman–Crippen MR) is 128 cm³/mol. The van der Waals surface area contributed by atoms with E-state index in [0.29, 0.717) is 37.2 Å². The molecule has 0 bridgehead atoms. The van der Waals surface area contributed by atoms with Crippen LogP contribution in [0.2, 0.25) is 0 Å². The van der Waals surface area contributed by atoms with Crippen molar-refractivity contribution in [1.29, 1.82) is 0 Å². The van der Waals surface area contributed by atoms with Crippen LogP contribution in [-0.4, -0.2) is 101 Å². The number of hydrogen-bond donors (Lipinski definition) is 1. The first-order valence-corrected chi connectivity index (χ1v) is 11.6. The van der Waals surface area contributed by atoms with Crippen molar-refractivity contribution in [3.8, 4) is 12.3 Å². The lowest BCUT2D eigenvalue weighted by Crippen LogP contribution is -2.26. The number of aliphatic hydroxyl groups is 1. The van der Waals surface area contributed by atoms with Crippen LogP contribution in [0.1, 0.15) is 26.7 Å². The van der Waals surface area contributed by atoms with Gasteiger partial charge in [0.15, 0.2) is 0 Å². The average Bonchev–Trinajstić information content (AvgIpc) is 3.79. The van der Waals surface area contributed by atoms with E-state index in [0.717, 1.165) is 0 Å². The first-order valence-electron chi connectivity index (χ1n) is 11.6. The maximum atomic E-state index is 11.5. The van der Waals surface area contributed by atoms with Crippen LogP contribution in [0.4, 0.5) is 0 Å². The molecule has 0 aromatic rings. The summed E-state index contributed by atoms with van der Waals surface area (Å²) in [6.45, 7) is 11.6. The number of carbonyl (C=O) groups excluding carboxylic acids is 2. The van der Waals surface area contributed by atoms with E-state index in [4.69, 9.17) is 49.4 Å². The fraction of sp³-hybridized carbons (Fsp3) is 0.680. The third-order valence-corrected chi connectivity index (χ3v) is 5.05. The molecule has 2 heterocycles. The van der Waals surface area contributed by atoms with E-state index in [-0.39, 0.29) is 56.8 Å².